The molecule has 3 aliphatic rings. The van der Waals surface area contributed by atoms with Crippen molar-refractivity contribution in [2.45, 2.75) is 160 Å². The van der Waals surface area contributed by atoms with Gasteiger partial charge in [-0.25, -0.2) is 4.79 Å². The Labute approximate surface area is 291 Å². The Morgan fingerprint density at radius 3 is 2.27 bits per heavy atom. The normalized spacial score (nSPS) is 47.7. The number of methoxy groups -OCH3 is 1. The molecule has 0 aromatic carbocycles. The van der Waals surface area contributed by atoms with Gasteiger partial charge in [-0.2, -0.15) is 0 Å². The number of carbonyl (C=O) groups excluding carboxylic acids is 1. The van der Waals surface area contributed by atoms with Gasteiger partial charge in [-0.1, -0.05) is 20.4 Å². The van der Waals surface area contributed by atoms with E-state index >= 15 is 0 Å². The lowest BCUT2D eigenvalue weighted by Gasteiger charge is -2.48. The summed E-state index contributed by atoms with van der Waals surface area (Å²) in [7, 11) is 1.55. The highest BCUT2D eigenvalue weighted by molar-refractivity contribution is 5.89. The molecule has 0 aliphatic carbocycles. The maximum Gasteiger partial charge on any atom is 0.341 e. The molecular weight excluding hydrogens is 638 g/mol. The Hall–Kier alpha value is -1.49. The first kappa shape index (κ1) is 41.9. The van der Waals surface area contributed by atoms with Gasteiger partial charge in [0.25, 0.3) is 0 Å². The van der Waals surface area contributed by atoms with Crippen LogP contribution in [-0.4, -0.2) is 124 Å². The molecule has 13 nitrogen and oxygen atoms in total. The van der Waals surface area contributed by atoms with Crippen LogP contribution in [0.2, 0.25) is 0 Å². The monoisotopic (exact) mass is 701 g/mol. The Kier molecular flexibility index (Phi) is 14.5. The van der Waals surface area contributed by atoms with Gasteiger partial charge in [0.1, 0.15) is 23.6 Å². The van der Waals surface area contributed by atoms with E-state index in [1.807, 2.05) is 20.8 Å². The van der Waals surface area contributed by atoms with E-state index in [9.17, 15) is 30.3 Å². The number of carbonyl (C=O) groups is 1. The Balaban J connectivity index is 2.14. The van der Waals surface area contributed by atoms with Gasteiger partial charge in [0.15, 0.2) is 12.6 Å². The molecule has 0 aromatic heterocycles. The predicted molar refractivity (Wildman–Crippen MR) is 181 cm³/mol. The maximum absolute atomic E-state index is 13.9. The van der Waals surface area contributed by atoms with Crippen molar-refractivity contribution in [3.05, 3.63) is 24.0 Å². The summed E-state index contributed by atoms with van der Waals surface area (Å²) >= 11 is 0. The molecule has 0 aromatic rings. The molecule has 49 heavy (non-hydrogen) atoms. The van der Waals surface area contributed by atoms with Crippen LogP contribution < -0.4 is 5.32 Å². The summed E-state index contributed by atoms with van der Waals surface area (Å²) in [4.78, 5) is 13.9. The lowest BCUT2D eigenvalue weighted by molar-refractivity contribution is -0.303. The number of allylic oxidation sites excluding steroid dienone is 1. The zero-order chi connectivity index (χ0) is 37.1. The highest BCUT2D eigenvalue weighted by atomic mass is 16.7. The topological polar surface area (TPSA) is 186 Å². The summed E-state index contributed by atoms with van der Waals surface area (Å²) in [6, 6.07) is -0.637. The second kappa shape index (κ2) is 16.9. The molecule has 3 saturated heterocycles. The summed E-state index contributed by atoms with van der Waals surface area (Å²) in [6.45, 7) is 19.8. The number of cyclic esters (lactones) is 1. The number of ether oxygens (including phenoxy) is 6. The largest absolute Gasteiger partial charge is 0.425 e. The number of esters is 1. The third kappa shape index (κ3) is 9.69. The molecule has 13 heteroatoms. The molecule has 3 fully saturated rings. The second-order valence-corrected chi connectivity index (χ2v) is 15.2. The third-order valence-electron chi connectivity index (χ3n) is 10.8. The van der Waals surface area contributed by atoms with Crippen molar-refractivity contribution in [3.8, 4) is 0 Å². The molecule has 0 amide bonds. The molecule has 3 heterocycles. The number of rotatable bonds is 6. The Morgan fingerprint density at radius 1 is 1.02 bits per heavy atom. The van der Waals surface area contributed by atoms with Crippen molar-refractivity contribution in [1.82, 2.24) is 5.32 Å². The van der Waals surface area contributed by atoms with Gasteiger partial charge >= 0.3 is 5.97 Å². The third-order valence-corrected chi connectivity index (χ3v) is 10.8. The van der Waals surface area contributed by atoms with Gasteiger partial charge in [-0.15, -0.1) is 0 Å². The zero-order valence-corrected chi connectivity index (χ0v) is 31.0. The van der Waals surface area contributed by atoms with Crippen LogP contribution in [0.5, 0.6) is 0 Å². The molecule has 1 unspecified atom stereocenters. The van der Waals surface area contributed by atoms with E-state index in [0.717, 1.165) is 0 Å². The average molecular weight is 702 g/mol. The summed E-state index contributed by atoms with van der Waals surface area (Å²) in [5.74, 6) is -2.47. The Morgan fingerprint density at radius 2 is 1.67 bits per heavy atom. The van der Waals surface area contributed by atoms with Gasteiger partial charge in [-0.3, -0.25) is 0 Å². The van der Waals surface area contributed by atoms with Gasteiger partial charge in [0, 0.05) is 31.4 Å². The van der Waals surface area contributed by atoms with Crippen LogP contribution in [-0.2, 0) is 33.2 Å². The summed E-state index contributed by atoms with van der Waals surface area (Å²) in [5, 5.41) is 59.2. The van der Waals surface area contributed by atoms with Crippen molar-refractivity contribution >= 4 is 5.97 Å². The van der Waals surface area contributed by atoms with Crippen molar-refractivity contribution in [3.63, 3.8) is 0 Å². The standard InChI is InChI=1S/C36H63NO12/c1-12-27-36(10,43)30(40)23(6)37-17-19(2)15-34(8,42)31(49-33-26(39)14-13-20(3)45-33)21(4)29(22(5)32(41)47-27)48-28-16-35(9,44-11)25(18-38)24(7)46-28/h12,19-21,23-26,28-31,33,37-40,42-43H,5,13-18H2,1-4,6-11H3/b27-12+/t19-,20-,21+,23-,24+,25?,26-,28+,29+,30-,31-,33+,34-,35-,36-/m1/s1. The van der Waals surface area contributed by atoms with E-state index in [0.29, 0.717) is 19.4 Å². The number of hydrogen-bond acceptors (Lipinski definition) is 13. The summed E-state index contributed by atoms with van der Waals surface area (Å²) < 4.78 is 36.9. The SMILES string of the molecule is C=C1C(=O)O/C(=C/C)[C@@](C)(O)[C@H](O)[C@@H](C)NC[C@H](C)C[C@@](C)(O)[C@H](O[C@@H]2O[C@H](C)CC[C@H]2O)[C@@H](C)[C@@H]1O[C@H]1C[C@@](C)(OC)C(CO)[C@H](C)O1. The number of nitrogens with one attached hydrogen (secondary N) is 1. The van der Waals surface area contributed by atoms with E-state index in [1.54, 1.807) is 41.7 Å². The maximum atomic E-state index is 13.9. The minimum absolute atomic E-state index is 0.159. The lowest BCUT2D eigenvalue weighted by Crippen LogP contribution is -2.57. The van der Waals surface area contributed by atoms with Crippen LogP contribution in [0.15, 0.2) is 24.0 Å². The fraction of sp³-hybridized carbons (Fsp3) is 0.861. The smallest absolute Gasteiger partial charge is 0.341 e. The van der Waals surface area contributed by atoms with E-state index in [2.05, 4.69) is 11.9 Å². The highest BCUT2D eigenvalue weighted by Crippen LogP contribution is 2.41. The summed E-state index contributed by atoms with van der Waals surface area (Å²) in [6.07, 6.45) is -4.42. The van der Waals surface area contributed by atoms with Gasteiger partial charge in [-0.05, 0) is 86.3 Å². The number of aliphatic hydroxyl groups is 5. The van der Waals surface area contributed by atoms with Crippen LogP contribution >= 0.6 is 0 Å². The molecule has 3 rings (SSSR count). The molecule has 15 atom stereocenters. The minimum atomic E-state index is -1.97. The fourth-order valence-electron chi connectivity index (χ4n) is 7.66. The van der Waals surface area contributed by atoms with Crippen LogP contribution in [0.3, 0.4) is 0 Å². The van der Waals surface area contributed by atoms with Gasteiger partial charge < -0.3 is 59.3 Å². The summed E-state index contributed by atoms with van der Waals surface area (Å²) in [5.41, 5.74) is -4.53. The number of hydrogen-bond donors (Lipinski definition) is 6. The van der Waals surface area contributed by atoms with E-state index in [-0.39, 0.29) is 48.7 Å². The van der Waals surface area contributed by atoms with E-state index < -0.39 is 77.8 Å². The van der Waals surface area contributed by atoms with Crippen LogP contribution in [0, 0.1) is 17.8 Å². The minimum Gasteiger partial charge on any atom is -0.425 e. The van der Waals surface area contributed by atoms with Crippen molar-refractivity contribution in [2.24, 2.45) is 17.8 Å². The highest BCUT2D eigenvalue weighted by Gasteiger charge is 2.50. The second-order valence-electron chi connectivity index (χ2n) is 15.2. The molecule has 0 spiro atoms. The van der Waals surface area contributed by atoms with Gasteiger partial charge in [0.2, 0.25) is 0 Å². The Bertz CT molecular complexity index is 1150. The fourth-order valence-corrected chi connectivity index (χ4v) is 7.66. The molecule has 284 valence electrons. The van der Waals surface area contributed by atoms with E-state index in [1.165, 1.54) is 13.0 Å². The first-order chi connectivity index (χ1) is 22.7. The zero-order valence-electron chi connectivity index (χ0n) is 31.0. The first-order valence-corrected chi connectivity index (χ1v) is 17.6. The lowest BCUT2D eigenvalue weighted by atomic mass is 9.78. The van der Waals surface area contributed by atoms with Crippen LogP contribution in [0.1, 0.15) is 88.0 Å². The molecule has 0 saturated carbocycles. The molecular formula is C36H63NO12. The number of aliphatic hydroxyl groups excluding tert-OH is 3. The predicted octanol–water partition coefficient (Wildman–Crippen LogP) is 2.31. The average Bonchev–Trinajstić information content (AvgIpc) is 3.03. The molecule has 0 bridgehead atoms. The van der Waals surface area contributed by atoms with Crippen LogP contribution in [0.4, 0.5) is 0 Å². The van der Waals surface area contributed by atoms with Gasteiger partial charge in [0.05, 0.1) is 47.8 Å². The van der Waals surface area contributed by atoms with Crippen molar-refractivity contribution in [1.29, 1.82) is 0 Å². The molecule has 0 radical (unpaired) electrons. The van der Waals surface area contributed by atoms with Crippen molar-refractivity contribution in [2.75, 3.05) is 20.3 Å². The molecule has 3 aliphatic heterocycles. The first-order valence-electron chi connectivity index (χ1n) is 17.6. The van der Waals surface area contributed by atoms with Crippen molar-refractivity contribution < 1.29 is 58.7 Å². The van der Waals surface area contributed by atoms with E-state index in [4.69, 9.17) is 28.4 Å². The molecule has 6 N–H and O–H groups in total. The quantitative estimate of drug-likeness (QED) is 0.175. The van der Waals surface area contributed by atoms with Crippen LogP contribution in [0.25, 0.3) is 0 Å².